The van der Waals surface area contributed by atoms with E-state index in [1.165, 1.54) is 6.39 Å². The van der Waals surface area contributed by atoms with E-state index in [1.807, 2.05) is 13.8 Å². The van der Waals surface area contributed by atoms with Crippen molar-refractivity contribution in [2.75, 3.05) is 6.54 Å². The molecule has 4 nitrogen and oxygen atoms in total. The molecule has 3 N–H and O–H groups in total. The minimum Gasteiger partial charge on any atom is -0.447 e. The lowest BCUT2D eigenvalue weighted by molar-refractivity contribution is 0.453. The third-order valence-electron chi connectivity index (χ3n) is 1.81. The van der Waals surface area contributed by atoms with E-state index in [0.29, 0.717) is 19.1 Å². The van der Waals surface area contributed by atoms with E-state index in [1.54, 1.807) is 0 Å². The van der Waals surface area contributed by atoms with Gasteiger partial charge >= 0.3 is 0 Å². The molecule has 1 rings (SSSR count). The Morgan fingerprint density at radius 3 is 3.00 bits per heavy atom. The van der Waals surface area contributed by atoms with Crippen LogP contribution in [0.5, 0.6) is 0 Å². The molecule has 12 heavy (non-hydrogen) atoms. The molecule has 1 heterocycles. The maximum absolute atomic E-state index is 5.44. The maximum Gasteiger partial charge on any atom is 0.181 e. The third-order valence-corrected chi connectivity index (χ3v) is 1.81. The highest BCUT2D eigenvalue weighted by atomic mass is 16.3. The van der Waals surface area contributed by atoms with E-state index in [2.05, 4.69) is 10.3 Å². The highest BCUT2D eigenvalue weighted by Crippen LogP contribution is 2.03. The fourth-order valence-corrected chi connectivity index (χ4v) is 0.846. The molecule has 0 aliphatic rings. The van der Waals surface area contributed by atoms with Crippen molar-refractivity contribution in [3.05, 3.63) is 17.8 Å². The first-order chi connectivity index (χ1) is 5.74. The number of nitrogens with zero attached hydrogens (tertiary/aromatic N) is 1. The van der Waals surface area contributed by atoms with Crippen LogP contribution in [0.25, 0.3) is 0 Å². The Labute approximate surface area is 72.2 Å². The van der Waals surface area contributed by atoms with Crippen molar-refractivity contribution in [2.24, 2.45) is 5.73 Å². The summed E-state index contributed by atoms with van der Waals surface area (Å²) in [5.41, 5.74) is 6.38. The molecule has 68 valence electrons. The zero-order valence-corrected chi connectivity index (χ0v) is 7.50. The van der Waals surface area contributed by atoms with Crippen molar-refractivity contribution < 1.29 is 4.42 Å². The van der Waals surface area contributed by atoms with E-state index >= 15 is 0 Å². The molecule has 4 heteroatoms. The first-order valence-corrected chi connectivity index (χ1v) is 4.06. The smallest absolute Gasteiger partial charge is 0.181 e. The van der Waals surface area contributed by atoms with Crippen LogP contribution >= 0.6 is 0 Å². The standard InChI is InChI=1S/C8H15N3O/c1-6(3-9)10-4-8-7(2)11-5-12-8/h5-6,10H,3-4,9H2,1-2H3/t6-/m0/s1. The predicted molar refractivity (Wildman–Crippen MR) is 46.6 cm³/mol. The molecule has 0 spiro atoms. The molecule has 0 unspecified atom stereocenters. The molecular formula is C8H15N3O. The molecule has 1 aromatic heterocycles. The van der Waals surface area contributed by atoms with Gasteiger partial charge in [0.25, 0.3) is 0 Å². The second kappa shape index (κ2) is 4.23. The van der Waals surface area contributed by atoms with Gasteiger partial charge in [0.1, 0.15) is 5.76 Å². The summed E-state index contributed by atoms with van der Waals surface area (Å²) in [7, 11) is 0. The number of nitrogens with one attached hydrogen (secondary N) is 1. The maximum atomic E-state index is 5.44. The second-order valence-electron chi connectivity index (χ2n) is 2.88. The molecule has 0 bridgehead atoms. The van der Waals surface area contributed by atoms with E-state index in [0.717, 1.165) is 11.5 Å². The fraction of sp³-hybridized carbons (Fsp3) is 0.625. The summed E-state index contributed by atoms with van der Waals surface area (Å²) in [6, 6.07) is 0.314. The Morgan fingerprint density at radius 2 is 2.50 bits per heavy atom. The summed E-state index contributed by atoms with van der Waals surface area (Å²) in [5.74, 6) is 0.885. The number of hydrogen-bond donors (Lipinski definition) is 2. The van der Waals surface area contributed by atoms with E-state index < -0.39 is 0 Å². The summed E-state index contributed by atoms with van der Waals surface area (Å²) in [5, 5.41) is 3.22. The van der Waals surface area contributed by atoms with Gasteiger partial charge < -0.3 is 15.5 Å². The highest BCUT2D eigenvalue weighted by molar-refractivity contribution is 5.03. The second-order valence-corrected chi connectivity index (χ2v) is 2.88. The van der Waals surface area contributed by atoms with Crippen LogP contribution in [0, 0.1) is 6.92 Å². The zero-order valence-electron chi connectivity index (χ0n) is 7.50. The first kappa shape index (κ1) is 9.22. The number of nitrogens with two attached hydrogens (primary N) is 1. The van der Waals surface area contributed by atoms with Gasteiger partial charge in [-0.3, -0.25) is 0 Å². The van der Waals surface area contributed by atoms with Crippen LogP contribution in [0.4, 0.5) is 0 Å². The van der Waals surface area contributed by atoms with Crippen LogP contribution in [-0.4, -0.2) is 17.6 Å². The van der Waals surface area contributed by atoms with Crippen molar-refractivity contribution in [1.29, 1.82) is 0 Å². The normalized spacial score (nSPS) is 13.2. The average Bonchev–Trinajstić information content (AvgIpc) is 2.47. The molecule has 0 saturated carbocycles. The number of aromatic nitrogens is 1. The lowest BCUT2D eigenvalue weighted by atomic mass is 10.3. The van der Waals surface area contributed by atoms with Gasteiger partial charge in [0.2, 0.25) is 0 Å². The number of aryl methyl sites for hydroxylation is 1. The van der Waals surface area contributed by atoms with Gasteiger partial charge in [0.05, 0.1) is 12.2 Å². The number of rotatable bonds is 4. The molecule has 0 saturated heterocycles. The Kier molecular flexibility index (Phi) is 3.25. The van der Waals surface area contributed by atoms with Crippen LogP contribution in [0.1, 0.15) is 18.4 Å². The third kappa shape index (κ3) is 2.32. The molecule has 1 aromatic rings. The van der Waals surface area contributed by atoms with Crippen molar-refractivity contribution in [2.45, 2.75) is 26.4 Å². The van der Waals surface area contributed by atoms with Crippen molar-refractivity contribution in [1.82, 2.24) is 10.3 Å². The van der Waals surface area contributed by atoms with Crippen LogP contribution in [0.15, 0.2) is 10.8 Å². The van der Waals surface area contributed by atoms with Crippen LogP contribution in [-0.2, 0) is 6.54 Å². The Balaban J connectivity index is 2.38. The average molecular weight is 169 g/mol. The summed E-state index contributed by atoms with van der Waals surface area (Å²) < 4.78 is 5.14. The SMILES string of the molecule is Cc1ncoc1CN[C@@H](C)CN. The Bertz CT molecular complexity index is 234. The molecule has 0 aromatic carbocycles. The first-order valence-electron chi connectivity index (χ1n) is 4.06. The number of oxazole rings is 1. The molecule has 1 atom stereocenters. The fourth-order valence-electron chi connectivity index (χ4n) is 0.846. The van der Waals surface area contributed by atoms with Crippen LogP contribution in [0.2, 0.25) is 0 Å². The Morgan fingerprint density at radius 1 is 1.75 bits per heavy atom. The minimum atomic E-state index is 0.314. The predicted octanol–water partition coefficient (Wildman–Crippen LogP) is 0.420. The molecular weight excluding hydrogens is 154 g/mol. The van der Waals surface area contributed by atoms with Gasteiger partial charge in [-0.05, 0) is 13.8 Å². The van der Waals surface area contributed by atoms with Crippen molar-refractivity contribution >= 4 is 0 Å². The van der Waals surface area contributed by atoms with Gasteiger partial charge in [0.15, 0.2) is 6.39 Å². The van der Waals surface area contributed by atoms with E-state index in [-0.39, 0.29) is 0 Å². The van der Waals surface area contributed by atoms with Crippen LogP contribution in [0.3, 0.4) is 0 Å². The van der Waals surface area contributed by atoms with E-state index in [9.17, 15) is 0 Å². The van der Waals surface area contributed by atoms with Gasteiger partial charge in [-0.15, -0.1) is 0 Å². The largest absolute Gasteiger partial charge is 0.447 e. The molecule has 0 aliphatic heterocycles. The van der Waals surface area contributed by atoms with Crippen molar-refractivity contribution in [3.8, 4) is 0 Å². The van der Waals surface area contributed by atoms with Crippen molar-refractivity contribution in [3.63, 3.8) is 0 Å². The topological polar surface area (TPSA) is 64.1 Å². The molecule has 0 fully saturated rings. The molecule has 0 amide bonds. The van der Waals surface area contributed by atoms with Gasteiger partial charge in [-0.1, -0.05) is 0 Å². The summed E-state index contributed by atoms with van der Waals surface area (Å²) in [6.07, 6.45) is 1.46. The molecule has 0 radical (unpaired) electrons. The highest BCUT2D eigenvalue weighted by Gasteiger charge is 2.04. The lowest BCUT2D eigenvalue weighted by Crippen LogP contribution is -2.32. The minimum absolute atomic E-state index is 0.314. The van der Waals surface area contributed by atoms with Gasteiger partial charge in [0, 0.05) is 12.6 Å². The summed E-state index contributed by atoms with van der Waals surface area (Å²) >= 11 is 0. The quantitative estimate of drug-likeness (QED) is 0.685. The summed E-state index contributed by atoms with van der Waals surface area (Å²) in [4.78, 5) is 3.98. The zero-order chi connectivity index (χ0) is 8.97. The monoisotopic (exact) mass is 169 g/mol. The number of hydrogen-bond acceptors (Lipinski definition) is 4. The summed E-state index contributed by atoms with van der Waals surface area (Å²) in [6.45, 7) is 5.29. The Hall–Kier alpha value is -0.870. The van der Waals surface area contributed by atoms with E-state index in [4.69, 9.17) is 10.2 Å². The van der Waals surface area contributed by atoms with Gasteiger partial charge in [-0.2, -0.15) is 0 Å². The lowest BCUT2D eigenvalue weighted by Gasteiger charge is -2.08. The van der Waals surface area contributed by atoms with Gasteiger partial charge in [-0.25, -0.2) is 4.98 Å². The molecule has 0 aliphatic carbocycles. The van der Waals surface area contributed by atoms with Crippen LogP contribution < -0.4 is 11.1 Å².